The maximum Gasteiger partial charge on any atom is 0.174 e. The van der Waals surface area contributed by atoms with Crippen molar-refractivity contribution < 1.29 is 9.13 Å². The van der Waals surface area contributed by atoms with E-state index in [-0.39, 0.29) is 0 Å². The predicted molar refractivity (Wildman–Crippen MR) is 223 cm³/mol. The molecular formula is C40H54O2P2S2Si2. The van der Waals surface area contributed by atoms with Gasteiger partial charge in [-0.2, -0.15) is 0 Å². The van der Waals surface area contributed by atoms with Crippen LogP contribution in [0.3, 0.4) is 0 Å². The summed E-state index contributed by atoms with van der Waals surface area (Å²) in [5, 5.41) is 5.43. The number of thiophene rings is 2. The zero-order valence-corrected chi connectivity index (χ0v) is 36.3. The van der Waals surface area contributed by atoms with Crippen LogP contribution in [-0.4, -0.2) is 16.1 Å². The quantitative estimate of drug-likeness (QED) is 0.120. The van der Waals surface area contributed by atoms with Gasteiger partial charge in [-0.05, 0) is 54.4 Å². The van der Waals surface area contributed by atoms with E-state index in [1.807, 2.05) is 59.1 Å². The van der Waals surface area contributed by atoms with Crippen LogP contribution >= 0.6 is 37.0 Å². The van der Waals surface area contributed by atoms with Gasteiger partial charge in [0.25, 0.3) is 0 Å². The van der Waals surface area contributed by atoms with Crippen LogP contribution in [0.2, 0.25) is 33.2 Å². The standard InChI is InChI=1S/C40H54O2P2S2Si2/c1-25(2)47(26(3)4,27(5)6)35-23-33-39(45-35)37-38(43(33,41)31-19-15-13-16-20-31)40-34(44(37,42)32-21-17-14-18-22-32)24-36(46-40)48(28(7)8,29(9)10)30(11)12/h13-30H,1-12H3. The maximum atomic E-state index is 16.5. The molecule has 0 amide bonds. The summed E-state index contributed by atoms with van der Waals surface area (Å²) in [6.07, 6.45) is 0. The molecule has 0 N–H and O–H groups in total. The van der Waals surface area contributed by atoms with Gasteiger partial charge < -0.3 is 9.13 Å². The second kappa shape index (κ2) is 12.6. The van der Waals surface area contributed by atoms with E-state index in [2.05, 4.69) is 119 Å². The Kier molecular flexibility index (Phi) is 9.52. The number of fused-ring (bicyclic) bond motifs is 4. The average Bonchev–Trinajstić information content (AvgIpc) is 3.75. The average molecular weight is 749 g/mol. The summed E-state index contributed by atoms with van der Waals surface area (Å²) in [6, 6.07) is 25.1. The molecule has 2 nitrogen and oxygen atoms in total. The maximum absolute atomic E-state index is 16.5. The molecule has 2 aliphatic rings. The molecular weight excluding hydrogens is 695 g/mol. The second-order valence-electron chi connectivity index (χ2n) is 16.0. The molecule has 0 fully saturated rings. The van der Waals surface area contributed by atoms with Crippen molar-refractivity contribution in [1.82, 2.24) is 0 Å². The van der Waals surface area contributed by atoms with Crippen LogP contribution < -0.4 is 30.2 Å². The molecule has 8 heteroatoms. The minimum absolute atomic E-state index is 0.524. The highest BCUT2D eigenvalue weighted by atomic mass is 32.1. The highest BCUT2D eigenvalue weighted by Gasteiger charge is 2.59. The van der Waals surface area contributed by atoms with E-state index >= 15 is 9.13 Å². The van der Waals surface area contributed by atoms with Gasteiger partial charge in [-0.3, -0.25) is 0 Å². The lowest BCUT2D eigenvalue weighted by molar-refractivity contribution is 0.592. The van der Waals surface area contributed by atoms with Gasteiger partial charge in [0, 0.05) is 21.2 Å². The van der Waals surface area contributed by atoms with Crippen molar-refractivity contribution in [3.63, 3.8) is 0 Å². The third kappa shape index (κ3) is 4.65. The number of benzene rings is 2. The summed E-state index contributed by atoms with van der Waals surface area (Å²) >= 11 is 3.71. The molecule has 256 valence electrons. The molecule has 6 rings (SSSR count). The van der Waals surface area contributed by atoms with Gasteiger partial charge in [0.05, 0.1) is 20.4 Å². The molecule has 48 heavy (non-hydrogen) atoms. The van der Waals surface area contributed by atoms with Gasteiger partial charge in [0.15, 0.2) is 14.3 Å². The van der Waals surface area contributed by atoms with Crippen molar-refractivity contribution in [1.29, 1.82) is 0 Å². The first-order valence-electron chi connectivity index (χ1n) is 17.9. The molecule has 2 atom stereocenters. The first-order chi connectivity index (χ1) is 22.5. The van der Waals surface area contributed by atoms with E-state index in [0.29, 0.717) is 33.2 Å². The van der Waals surface area contributed by atoms with Crippen molar-refractivity contribution in [2.45, 2.75) is 116 Å². The van der Waals surface area contributed by atoms with Crippen LogP contribution in [0, 0.1) is 0 Å². The van der Waals surface area contributed by atoms with Crippen LogP contribution in [0.15, 0.2) is 72.8 Å². The van der Waals surface area contributed by atoms with Crippen molar-refractivity contribution >= 4 is 94.0 Å². The molecule has 2 aliphatic heterocycles. The zero-order valence-electron chi connectivity index (χ0n) is 30.9. The summed E-state index contributed by atoms with van der Waals surface area (Å²) in [7, 11) is -10.8. The van der Waals surface area contributed by atoms with Crippen molar-refractivity contribution in [2.24, 2.45) is 0 Å². The Morgan fingerprint density at radius 1 is 0.458 bits per heavy atom. The number of hydrogen-bond acceptors (Lipinski definition) is 4. The fourth-order valence-corrected chi connectivity index (χ4v) is 40.0. The minimum Gasteiger partial charge on any atom is -0.309 e. The lowest BCUT2D eigenvalue weighted by Gasteiger charge is -2.42. The van der Waals surface area contributed by atoms with E-state index in [9.17, 15) is 0 Å². The molecule has 2 aromatic heterocycles. The normalized spacial score (nSPS) is 21.0. The highest BCUT2D eigenvalue weighted by Crippen LogP contribution is 2.78. The summed E-state index contributed by atoms with van der Waals surface area (Å²) < 4.78 is 35.9. The molecule has 0 spiro atoms. The van der Waals surface area contributed by atoms with E-state index < -0.39 is 30.4 Å². The third-order valence-electron chi connectivity index (χ3n) is 12.2. The fourth-order valence-electron chi connectivity index (χ4n) is 10.6. The highest BCUT2D eigenvalue weighted by molar-refractivity contribution is 7.97. The predicted octanol–water partition coefficient (Wildman–Crippen LogP) is 11.1. The second-order valence-corrected chi connectivity index (χ2v) is 35.9. The molecule has 0 saturated heterocycles. The Hall–Kier alpha value is -1.53. The Labute approximate surface area is 300 Å². The van der Waals surface area contributed by atoms with Gasteiger partial charge >= 0.3 is 0 Å². The van der Waals surface area contributed by atoms with E-state index in [4.69, 9.17) is 0 Å². The molecule has 4 aromatic rings. The summed E-state index contributed by atoms with van der Waals surface area (Å²) in [4.78, 5) is 2.09. The molecule has 0 bridgehead atoms. The van der Waals surface area contributed by atoms with E-state index in [1.54, 1.807) is 0 Å². The molecule has 0 aliphatic carbocycles. The van der Waals surface area contributed by atoms with E-state index in [0.717, 1.165) is 41.6 Å². The molecule has 2 unspecified atom stereocenters. The topological polar surface area (TPSA) is 34.1 Å². The lowest BCUT2D eigenvalue weighted by atomic mass is 10.3. The Balaban J connectivity index is 1.77. The van der Waals surface area contributed by atoms with Gasteiger partial charge in [0.1, 0.15) is 16.1 Å². The largest absolute Gasteiger partial charge is 0.309 e. The fraction of sp³-hybridized carbons (Fsp3) is 0.450. The lowest BCUT2D eigenvalue weighted by Crippen LogP contribution is -2.54. The number of hydrogen-bond donors (Lipinski definition) is 0. The van der Waals surface area contributed by atoms with Crippen LogP contribution in [0.1, 0.15) is 92.8 Å². The Morgan fingerprint density at radius 2 is 0.729 bits per heavy atom. The molecule has 4 heterocycles. The van der Waals surface area contributed by atoms with Crippen LogP contribution in [0.25, 0.3) is 10.6 Å². The first-order valence-corrected chi connectivity index (χ1v) is 27.4. The SMILES string of the molecule is CC(C)[Si](c1cc2c(s1)C1=C(c3sc([Si](C(C)C)(C(C)C)C(C)C)cc3P1(=O)c1ccccc1)P2(=O)c1ccccc1)(C(C)C)C(C)C. The number of rotatable bonds is 10. The monoisotopic (exact) mass is 748 g/mol. The van der Waals surface area contributed by atoms with Gasteiger partial charge in [0.2, 0.25) is 0 Å². The molecule has 2 aromatic carbocycles. The van der Waals surface area contributed by atoms with E-state index in [1.165, 1.54) is 9.00 Å². The molecule has 0 saturated carbocycles. The zero-order chi connectivity index (χ0) is 35.1. The smallest absolute Gasteiger partial charge is 0.174 e. The van der Waals surface area contributed by atoms with Gasteiger partial charge in [-0.15, -0.1) is 22.7 Å². The first kappa shape index (κ1) is 36.3. The third-order valence-corrected chi connectivity index (χ3v) is 37.4. The summed E-state index contributed by atoms with van der Waals surface area (Å²) in [6.45, 7) is 28.8. The minimum atomic E-state index is -3.33. The van der Waals surface area contributed by atoms with Crippen molar-refractivity contribution in [3.8, 4) is 0 Å². The summed E-state index contributed by atoms with van der Waals surface area (Å²) in [5.41, 5.74) is 3.14. The van der Waals surface area contributed by atoms with Crippen LogP contribution in [-0.2, 0) is 9.13 Å². The van der Waals surface area contributed by atoms with Gasteiger partial charge in [-0.1, -0.05) is 144 Å². The Morgan fingerprint density at radius 3 is 0.979 bits per heavy atom. The van der Waals surface area contributed by atoms with Crippen molar-refractivity contribution in [3.05, 3.63) is 82.6 Å². The Bertz CT molecular complexity index is 1780. The van der Waals surface area contributed by atoms with Gasteiger partial charge in [-0.25, -0.2) is 0 Å². The molecule has 0 radical (unpaired) electrons. The summed E-state index contributed by atoms with van der Waals surface area (Å²) in [5.74, 6) is 0. The van der Waals surface area contributed by atoms with Crippen LogP contribution in [0.5, 0.6) is 0 Å². The van der Waals surface area contributed by atoms with Crippen LogP contribution in [0.4, 0.5) is 0 Å². The van der Waals surface area contributed by atoms with Crippen molar-refractivity contribution in [2.75, 3.05) is 0 Å².